The first-order valence-electron chi connectivity index (χ1n) is 20.8. The molecule has 2 aliphatic heterocycles. The molecule has 2 heterocycles. The molecule has 2 nitrogen and oxygen atoms in total. The van der Waals surface area contributed by atoms with E-state index in [1.54, 1.807) is 0 Å². The van der Waals surface area contributed by atoms with E-state index >= 15 is 0 Å². The number of allylic oxidation sites excluding steroid dienone is 1. The van der Waals surface area contributed by atoms with Crippen molar-refractivity contribution in [3.8, 4) is 22.3 Å². The lowest BCUT2D eigenvalue weighted by molar-refractivity contribution is 0.986. The summed E-state index contributed by atoms with van der Waals surface area (Å²) in [5.74, 6) is 0. The van der Waals surface area contributed by atoms with Crippen molar-refractivity contribution < 1.29 is 0 Å². The van der Waals surface area contributed by atoms with Gasteiger partial charge in [-0.3, -0.25) is 0 Å². The Bertz CT molecular complexity index is 3180. The van der Waals surface area contributed by atoms with Crippen molar-refractivity contribution in [2.75, 3.05) is 9.80 Å². The van der Waals surface area contributed by atoms with E-state index in [-0.39, 0.29) is 0 Å². The van der Waals surface area contributed by atoms with Gasteiger partial charge in [0.2, 0.25) is 0 Å². The molecule has 3 aliphatic rings. The van der Waals surface area contributed by atoms with Crippen LogP contribution in [0.2, 0.25) is 0 Å². The first-order chi connectivity index (χ1) is 29.6. The zero-order valence-electron chi connectivity index (χ0n) is 33.4. The lowest BCUT2D eigenvalue weighted by Crippen LogP contribution is -2.15. The Morgan fingerprint density at radius 3 is 1.38 bits per heavy atom. The zero-order valence-corrected chi connectivity index (χ0v) is 35.1. The molecular weight excluding hydrogens is 765 g/mol. The highest BCUT2D eigenvalue weighted by Crippen LogP contribution is 2.55. The summed E-state index contributed by atoms with van der Waals surface area (Å²) in [4.78, 5) is 9.99. The van der Waals surface area contributed by atoms with E-state index in [9.17, 15) is 0 Å². The second-order valence-electron chi connectivity index (χ2n) is 16.1. The van der Waals surface area contributed by atoms with Gasteiger partial charge in [-0.05, 0) is 166 Å². The molecule has 60 heavy (non-hydrogen) atoms. The predicted octanol–water partition coefficient (Wildman–Crippen LogP) is 16.8. The first kappa shape index (κ1) is 35.5. The van der Waals surface area contributed by atoms with Gasteiger partial charge in [-0.25, -0.2) is 0 Å². The number of anilines is 6. The van der Waals surface area contributed by atoms with Gasteiger partial charge < -0.3 is 9.80 Å². The number of hydrogen-bond donors (Lipinski definition) is 0. The maximum absolute atomic E-state index is 2.47. The Labute approximate surface area is 359 Å². The lowest BCUT2D eigenvalue weighted by Gasteiger charge is -2.34. The summed E-state index contributed by atoms with van der Waals surface area (Å²) in [6.45, 7) is 4.45. The van der Waals surface area contributed by atoms with Crippen molar-refractivity contribution in [3.05, 3.63) is 198 Å². The molecule has 1 aliphatic carbocycles. The van der Waals surface area contributed by atoms with Crippen molar-refractivity contribution in [1.82, 2.24) is 0 Å². The van der Waals surface area contributed by atoms with E-state index in [2.05, 4.69) is 206 Å². The molecule has 9 aromatic rings. The minimum absolute atomic E-state index is 1.05. The molecule has 0 saturated carbocycles. The Hall–Kier alpha value is -6.46. The second kappa shape index (κ2) is 14.1. The summed E-state index contributed by atoms with van der Waals surface area (Å²) in [5, 5.41) is 5.01. The summed E-state index contributed by atoms with van der Waals surface area (Å²) >= 11 is 3.71. The number of nitrogens with zero attached hydrogens (tertiary/aromatic N) is 2. The topological polar surface area (TPSA) is 6.48 Å². The number of hydrogen-bond acceptors (Lipinski definition) is 4. The molecular formula is C56H40N2S2. The largest absolute Gasteiger partial charge is 0.308 e. The average molecular weight is 805 g/mol. The third kappa shape index (κ3) is 5.66. The summed E-state index contributed by atoms with van der Waals surface area (Å²) in [6.07, 6.45) is 6.72. The number of rotatable bonds is 4. The molecule has 0 atom stereocenters. The molecule has 0 bridgehead atoms. The van der Waals surface area contributed by atoms with Crippen LogP contribution in [0.1, 0.15) is 28.7 Å². The van der Waals surface area contributed by atoms with Gasteiger partial charge in [-0.2, -0.15) is 0 Å². The van der Waals surface area contributed by atoms with Crippen LogP contribution >= 0.6 is 23.5 Å². The van der Waals surface area contributed by atoms with Crippen LogP contribution < -0.4 is 9.80 Å². The van der Waals surface area contributed by atoms with Crippen LogP contribution in [-0.2, 0) is 6.42 Å². The van der Waals surface area contributed by atoms with Crippen molar-refractivity contribution in [2.24, 2.45) is 0 Å². The fraction of sp³-hybridized carbons (Fsp3) is 0.0714. The van der Waals surface area contributed by atoms with E-state index in [0.29, 0.717) is 0 Å². The Morgan fingerprint density at radius 1 is 0.417 bits per heavy atom. The van der Waals surface area contributed by atoms with Gasteiger partial charge in [-0.1, -0.05) is 133 Å². The molecule has 4 heteroatoms. The lowest BCUT2D eigenvalue weighted by atomic mass is 9.83. The van der Waals surface area contributed by atoms with E-state index < -0.39 is 0 Å². The third-order valence-corrected chi connectivity index (χ3v) is 14.8. The van der Waals surface area contributed by atoms with E-state index in [1.807, 2.05) is 23.5 Å². The Kier molecular flexibility index (Phi) is 8.33. The van der Waals surface area contributed by atoms with Gasteiger partial charge in [0.25, 0.3) is 0 Å². The van der Waals surface area contributed by atoms with Crippen LogP contribution in [0.3, 0.4) is 0 Å². The highest BCUT2D eigenvalue weighted by atomic mass is 32.2. The number of para-hydroxylation sites is 4. The number of fused-ring (bicyclic) bond motifs is 7. The highest BCUT2D eigenvalue weighted by molar-refractivity contribution is 8.00. The summed E-state index contributed by atoms with van der Waals surface area (Å²) in [7, 11) is 0. The maximum atomic E-state index is 2.47. The van der Waals surface area contributed by atoms with Crippen molar-refractivity contribution >= 4 is 85.3 Å². The molecule has 12 rings (SSSR count). The Balaban J connectivity index is 1.19. The molecule has 0 radical (unpaired) electrons. The van der Waals surface area contributed by atoms with E-state index in [1.165, 1.54) is 108 Å². The third-order valence-electron chi connectivity index (χ3n) is 12.6. The fourth-order valence-corrected chi connectivity index (χ4v) is 11.7. The van der Waals surface area contributed by atoms with Crippen LogP contribution in [0.4, 0.5) is 34.1 Å². The molecule has 0 N–H and O–H groups in total. The van der Waals surface area contributed by atoms with Crippen LogP contribution in [0.5, 0.6) is 0 Å². The quantitative estimate of drug-likeness (QED) is 0.163. The number of aryl methyl sites for hydroxylation is 3. The molecule has 286 valence electrons. The van der Waals surface area contributed by atoms with E-state index in [4.69, 9.17) is 0 Å². The van der Waals surface area contributed by atoms with Gasteiger partial charge in [0, 0.05) is 31.0 Å². The predicted molar refractivity (Wildman–Crippen MR) is 257 cm³/mol. The molecule has 9 aromatic carbocycles. The minimum atomic E-state index is 1.05. The van der Waals surface area contributed by atoms with Gasteiger partial charge in [0.05, 0.1) is 22.7 Å². The smallest absolute Gasteiger partial charge is 0.0601 e. The van der Waals surface area contributed by atoms with Gasteiger partial charge in [0.15, 0.2) is 0 Å². The van der Waals surface area contributed by atoms with Crippen molar-refractivity contribution in [2.45, 2.75) is 46.3 Å². The van der Waals surface area contributed by atoms with Crippen LogP contribution in [0.15, 0.2) is 196 Å². The molecule has 0 spiro atoms. The first-order valence-corrected chi connectivity index (χ1v) is 22.4. The standard InChI is InChI=1S/C56H40N2S2/c1-35-23-24-39(31-36(35)2)55-43-29-27-42(58-49-17-7-11-21-53(49)60-54-22-12-8-18-50(54)58)34-46(43)56(40-26-25-37-13-3-4-14-38(37)32-40)44-30-28-41(33-45(44)55)57-47-15-5-9-19-51(47)59-52-20-10-6-16-48(52)57/h3,5-13,15-34H,4,14H2,1-2H3. The van der Waals surface area contributed by atoms with Crippen LogP contribution in [0.25, 0.3) is 49.9 Å². The van der Waals surface area contributed by atoms with Gasteiger partial charge in [-0.15, -0.1) is 0 Å². The van der Waals surface area contributed by atoms with Crippen LogP contribution in [0, 0.1) is 13.8 Å². The monoisotopic (exact) mass is 804 g/mol. The minimum Gasteiger partial charge on any atom is -0.308 e. The second-order valence-corrected chi connectivity index (χ2v) is 18.3. The summed E-state index contributed by atoms with van der Waals surface area (Å²) in [6, 6.07) is 63.9. The molecule has 0 saturated heterocycles. The summed E-state index contributed by atoms with van der Waals surface area (Å²) in [5.41, 5.74) is 17.5. The molecule has 0 aromatic heterocycles. The van der Waals surface area contributed by atoms with Crippen molar-refractivity contribution in [1.29, 1.82) is 0 Å². The molecule has 0 amide bonds. The van der Waals surface area contributed by atoms with Gasteiger partial charge in [0.1, 0.15) is 0 Å². The summed E-state index contributed by atoms with van der Waals surface area (Å²) < 4.78 is 0. The normalized spacial score (nSPS) is 13.8. The highest BCUT2D eigenvalue weighted by Gasteiger charge is 2.28. The Morgan fingerprint density at radius 2 is 0.883 bits per heavy atom. The van der Waals surface area contributed by atoms with E-state index in [0.717, 1.165) is 24.2 Å². The van der Waals surface area contributed by atoms with Gasteiger partial charge >= 0.3 is 0 Å². The average Bonchev–Trinajstić information content (AvgIpc) is 3.29. The number of benzene rings is 9. The van der Waals surface area contributed by atoms with Crippen molar-refractivity contribution in [3.63, 3.8) is 0 Å². The maximum Gasteiger partial charge on any atom is 0.0601 e. The molecule has 0 unspecified atom stereocenters. The van der Waals surface area contributed by atoms with Crippen LogP contribution in [-0.4, -0.2) is 0 Å². The SMILES string of the molecule is Cc1ccc(-c2c3ccc(N4c5ccccc5Sc5ccccc54)cc3c(-c3ccc4c(c3)CCC=C4)c3ccc(N4c5ccccc5Sc5ccccc54)cc23)cc1C. The zero-order chi connectivity index (χ0) is 39.9. The molecule has 0 fully saturated rings. The fourth-order valence-electron chi connectivity index (χ4n) is 9.56.